The first-order chi connectivity index (χ1) is 13.6. The lowest BCUT2D eigenvalue weighted by Gasteiger charge is -2.14. The Kier molecular flexibility index (Phi) is 5.23. The number of rotatable bonds is 3. The molecule has 0 saturated carbocycles. The van der Waals surface area contributed by atoms with Crippen LogP contribution in [0.2, 0.25) is 5.02 Å². The molecule has 2 aliphatic rings. The number of carbonyl (C=O) groups excluding carboxylic acids is 1. The van der Waals surface area contributed by atoms with Gasteiger partial charge in [-0.1, -0.05) is 11.6 Å². The molecule has 2 heterocycles. The van der Waals surface area contributed by atoms with Crippen LogP contribution in [0.3, 0.4) is 0 Å². The molecule has 0 spiro atoms. The van der Waals surface area contributed by atoms with Crippen molar-refractivity contribution in [1.82, 2.24) is 4.98 Å². The third-order valence-electron chi connectivity index (χ3n) is 5.23. The number of fused-ring (bicyclic) bond motifs is 2. The predicted molar refractivity (Wildman–Crippen MR) is 115 cm³/mol. The Hall–Kier alpha value is -1.52. The molecule has 1 atom stereocenters. The Bertz CT molecular complexity index is 1100. The van der Waals surface area contributed by atoms with Gasteiger partial charge in [-0.05, 0) is 69.6 Å². The standard InChI is InChI=1S/C19H23ClN4O3S2/c1-19(2,26)15-9-12(20)17(28-15)29(21,27)24-18(25)23-16-10-5-3-7-13(10)22-14-8-4-6-11(14)16/h9,26H,3-8H2,1-2H3,(H3,21,22,23,24,25,27). The van der Waals surface area contributed by atoms with Crippen molar-refractivity contribution < 1.29 is 14.1 Å². The van der Waals surface area contributed by atoms with Crippen molar-refractivity contribution in [1.29, 1.82) is 0 Å². The number of hydrogen-bond donors (Lipinski definition) is 3. The summed E-state index contributed by atoms with van der Waals surface area (Å²) in [6.45, 7) is 3.18. The molecule has 0 aliphatic heterocycles. The van der Waals surface area contributed by atoms with Crippen LogP contribution in [-0.4, -0.2) is 20.3 Å². The zero-order valence-electron chi connectivity index (χ0n) is 16.2. The molecule has 2 aromatic heterocycles. The molecule has 0 radical (unpaired) electrons. The average molecular weight is 455 g/mol. The summed E-state index contributed by atoms with van der Waals surface area (Å²) in [7, 11) is -3.56. The number of nitrogens with zero attached hydrogens (tertiary/aromatic N) is 2. The van der Waals surface area contributed by atoms with Gasteiger partial charge in [-0.3, -0.25) is 4.98 Å². The predicted octanol–water partition coefficient (Wildman–Crippen LogP) is 3.93. The maximum atomic E-state index is 13.0. The van der Waals surface area contributed by atoms with E-state index in [2.05, 4.69) is 9.68 Å². The van der Waals surface area contributed by atoms with Crippen molar-refractivity contribution in [2.45, 2.75) is 62.2 Å². The second-order valence-electron chi connectivity index (χ2n) is 7.94. The summed E-state index contributed by atoms with van der Waals surface area (Å²) < 4.78 is 16.8. The Labute approximate surface area is 179 Å². The number of aromatic nitrogens is 1. The number of anilines is 1. The monoisotopic (exact) mass is 454 g/mol. The molecule has 0 aromatic carbocycles. The Morgan fingerprint density at radius 2 is 1.86 bits per heavy atom. The number of urea groups is 1. The number of carbonyl (C=O) groups is 1. The van der Waals surface area contributed by atoms with E-state index in [1.54, 1.807) is 13.8 Å². The number of nitrogens with one attached hydrogen (secondary N) is 1. The minimum absolute atomic E-state index is 0.0802. The second kappa shape index (κ2) is 7.31. The largest absolute Gasteiger partial charge is 0.385 e. The van der Waals surface area contributed by atoms with Crippen molar-refractivity contribution in [2.75, 3.05) is 5.32 Å². The van der Waals surface area contributed by atoms with Crippen molar-refractivity contribution in [3.63, 3.8) is 0 Å². The van der Waals surface area contributed by atoms with Crippen LogP contribution in [0.4, 0.5) is 10.5 Å². The lowest BCUT2D eigenvalue weighted by Crippen LogP contribution is -2.18. The normalized spacial score (nSPS) is 17.6. The molecule has 0 saturated heterocycles. The van der Waals surface area contributed by atoms with Gasteiger partial charge in [0.15, 0.2) is 9.92 Å². The first-order valence-corrected chi connectivity index (χ1v) is 12.2. The van der Waals surface area contributed by atoms with E-state index in [0.717, 1.165) is 78.1 Å². The molecule has 7 nitrogen and oxygen atoms in total. The van der Waals surface area contributed by atoms with E-state index in [4.69, 9.17) is 21.7 Å². The number of hydrogen-bond acceptors (Lipinski definition) is 5. The number of halogens is 1. The van der Waals surface area contributed by atoms with Crippen LogP contribution in [0.25, 0.3) is 0 Å². The molecule has 4 N–H and O–H groups in total. The third-order valence-corrected chi connectivity index (χ3v) is 9.14. The van der Waals surface area contributed by atoms with Crippen LogP contribution < -0.4 is 10.5 Å². The van der Waals surface area contributed by atoms with Crippen molar-refractivity contribution in [2.24, 2.45) is 9.50 Å². The second-order valence-corrected chi connectivity index (χ2v) is 11.4. The molecule has 2 aromatic rings. The van der Waals surface area contributed by atoms with Gasteiger partial charge in [0.25, 0.3) is 0 Å². The van der Waals surface area contributed by atoms with E-state index in [9.17, 15) is 14.1 Å². The summed E-state index contributed by atoms with van der Waals surface area (Å²) >= 11 is 7.17. The van der Waals surface area contributed by atoms with Crippen LogP contribution in [0.15, 0.2) is 14.6 Å². The molecule has 0 bridgehead atoms. The van der Waals surface area contributed by atoms with E-state index >= 15 is 0 Å². The molecule has 4 rings (SSSR count). The van der Waals surface area contributed by atoms with Crippen LogP contribution in [-0.2, 0) is 41.2 Å². The van der Waals surface area contributed by atoms with Crippen molar-refractivity contribution in [3.05, 3.63) is 38.5 Å². The molecule has 0 fully saturated rings. The summed E-state index contributed by atoms with van der Waals surface area (Å²) in [6.07, 6.45) is 5.53. The summed E-state index contributed by atoms with van der Waals surface area (Å²) in [5.74, 6) is 0. The van der Waals surface area contributed by atoms with Gasteiger partial charge >= 0.3 is 6.03 Å². The van der Waals surface area contributed by atoms with Gasteiger partial charge in [0.2, 0.25) is 0 Å². The van der Waals surface area contributed by atoms with E-state index < -0.39 is 21.5 Å². The number of thiophene rings is 1. The highest BCUT2D eigenvalue weighted by atomic mass is 35.5. The summed E-state index contributed by atoms with van der Waals surface area (Å²) in [5, 5.41) is 19.0. The average Bonchev–Trinajstić information content (AvgIpc) is 3.31. The van der Waals surface area contributed by atoms with Crippen molar-refractivity contribution >= 4 is 44.6 Å². The summed E-state index contributed by atoms with van der Waals surface area (Å²) in [4.78, 5) is 17.9. The number of nitrogens with two attached hydrogens (primary N) is 1. The van der Waals surface area contributed by atoms with Gasteiger partial charge in [-0.15, -0.1) is 15.7 Å². The molecule has 156 valence electrons. The quantitative estimate of drug-likeness (QED) is 0.650. The molecule has 10 heteroatoms. The Morgan fingerprint density at radius 1 is 1.28 bits per heavy atom. The molecular formula is C19H23ClN4O3S2. The Balaban J connectivity index is 1.68. The number of aryl methyl sites for hydroxylation is 2. The first-order valence-electron chi connectivity index (χ1n) is 9.48. The molecule has 1 unspecified atom stereocenters. The summed E-state index contributed by atoms with van der Waals surface area (Å²) in [5.41, 5.74) is 3.77. The fourth-order valence-corrected chi connectivity index (χ4v) is 6.86. The number of aliphatic hydroxyl groups is 1. The van der Waals surface area contributed by atoms with Crippen LogP contribution in [0, 0.1) is 0 Å². The van der Waals surface area contributed by atoms with Crippen LogP contribution in [0.5, 0.6) is 0 Å². The number of pyridine rings is 1. The van der Waals surface area contributed by atoms with Crippen molar-refractivity contribution in [3.8, 4) is 0 Å². The van der Waals surface area contributed by atoms with Gasteiger partial charge in [0.1, 0.15) is 4.21 Å². The molecule has 2 aliphatic carbocycles. The maximum Gasteiger partial charge on any atom is 0.354 e. The highest BCUT2D eigenvalue weighted by molar-refractivity contribution is 7.93. The highest BCUT2D eigenvalue weighted by Gasteiger charge is 2.28. The molecular weight excluding hydrogens is 432 g/mol. The fraction of sp³-hybridized carbons (Fsp3) is 0.474. The molecule has 2 amide bonds. The highest BCUT2D eigenvalue weighted by Crippen LogP contribution is 2.38. The third kappa shape index (κ3) is 3.94. The van der Waals surface area contributed by atoms with Gasteiger partial charge in [0.05, 0.1) is 16.3 Å². The van der Waals surface area contributed by atoms with E-state index in [-0.39, 0.29) is 9.23 Å². The Morgan fingerprint density at radius 3 is 2.38 bits per heavy atom. The van der Waals surface area contributed by atoms with Gasteiger partial charge in [0, 0.05) is 16.3 Å². The van der Waals surface area contributed by atoms with Gasteiger partial charge < -0.3 is 10.4 Å². The zero-order valence-corrected chi connectivity index (χ0v) is 18.6. The van der Waals surface area contributed by atoms with E-state index in [1.807, 2.05) is 0 Å². The van der Waals surface area contributed by atoms with E-state index in [0.29, 0.717) is 4.88 Å². The SMILES string of the molecule is CC(C)(O)c1cc(Cl)c(S(N)(=O)=NC(=O)Nc2c3c(nc4c2CCC4)CCC3)s1. The minimum atomic E-state index is -3.56. The lowest BCUT2D eigenvalue weighted by molar-refractivity contribution is 0.0825. The summed E-state index contributed by atoms with van der Waals surface area (Å²) in [6, 6.07) is 0.741. The lowest BCUT2D eigenvalue weighted by atomic mass is 10.1. The minimum Gasteiger partial charge on any atom is -0.385 e. The van der Waals surface area contributed by atoms with Crippen LogP contribution in [0.1, 0.15) is 54.1 Å². The topological polar surface area (TPSA) is 118 Å². The van der Waals surface area contributed by atoms with Gasteiger partial charge in [-0.25, -0.2) is 14.1 Å². The first kappa shape index (κ1) is 20.7. The van der Waals surface area contributed by atoms with Crippen LogP contribution >= 0.6 is 22.9 Å². The van der Waals surface area contributed by atoms with Gasteiger partial charge in [-0.2, -0.15) is 0 Å². The smallest absolute Gasteiger partial charge is 0.354 e. The number of amides is 2. The maximum absolute atomic E-state index is 13.0. The van der Waals surface area contributed by atoms with E-state index in [1.165, 1.54) is 6.07 Å². The fourth-order valence-electron chi connectivity index (χ4n) is 3.88. The zero-order chi connectivity index (χ0) is 21.0. The molecule has 29 heavy (non-hydrogen) atoms.